The van der Waals surface area contributed by atoms with Crippen LogP contribution in [0.3, 0.4) is 0 Å². The van der Waals surface area contributed by atoms with E-state index in [0.717, 1.165) is 20.8 Å². The molecule has 2 aromatic heterocycles. The Kier molecular flexibility index (Phi) is 3.43. The molecule has 0 unspecified atom stereocenters. The molecule has 0 fully saturated rings. The Morgan fingerprint density at radius 1 is 1.44 bits per heavy atom. The van der Waals surface area contributed by atoms with Gasteiger partial charge in [0.15, 0.2) is 0 Å². The van der Waals surface area contributed by atoms with Crippen molar-refractivity contribution in [2.75, 3.05) is 0 Å². The molecular weight excluding hydrogens is 332 g/mol. The summed E-state index contributed by atoms with van der Waals surface area (Å²) in [6.45, 7) is 1.77. The van der Waals surface area contributed by atoms with E-state index < -0.39 is 9.84 Å². The summed E-state index contributed by atoms with van der Waals surface area (Å²) in [7, 11) is -3.36. The smallest absolute Gasteiger partial charge is 0.211 e. The van der Waals surface area contributed by atoms with Gasteiger partial charge in [-0.05, 0) is 22.9 Å². The van der Waals surface area contributed by atoms with Gasteiger partial charge in [0.2, 0.25) is 14.2 Å². The number of sulfone groups is 1. The first-order valence-corrected chi connectivity index (χ1v) is 8.42. The van der Waals surface area contributed by atoms with Gasteiger partial charge in [0.25, 0.3) is 0 Å². The van der Waals surface area contributed by atoms with Gasteiger partial charge in [0.1, 0.15) is 5.75 Å². The highest BCUT2D eigenvalue weighted by molar-refractivity contribution is 9.11. The van der Waals surface area contributed by atoms with Gasteiger partial charge >= 0.3 is 0 Å². The first-order valence-electron chi connectivity index (χ1n) is 4.22. The molecule has 0 spiro atoms. The second-order valence-electron chi connectivity index (χ2n) is 3.09. The summed E-state index contributed by atoms with van der Waals surface area (Å²) in [5.41, 5.74) is 2.88. The molecule has 8 heteroatoms. The van der Waals surface area contributed by atoms with Crippen LogP contribution in [0.25, 0.3) is 0 Å². The van der Waals surface area contributed by atoms with E-state index in [2.05, 4.69) is 25.9 Å². The van der Waals surface area contributed by atoms with Crippen molar-refractivity contribution in [3.05, 3.63) is 26.1 Å². The van der Waals surface area contributed by atoms with E-state index in [1.807, 2.05) is 0 Å². The molecule has 0 atom stereocenters. The molecule has 0 aliphatic heterocycles. The third-order valence-electron chi connectivity index (χ3n) is 1.78. The Morgan fingerprint density at radius 2 is 2.19 bits per heavy atom. The molecular formula is C8H7BrN2O2S3. The molecule has 2 aromatic rings. The largest absolute Gasteiger partial charge is 0.247 e. The molecule has 0 bridgehead atoms. The second-order valence-corrected chi connectivity index (χ2v) is 8.28. The summed E-state index contributed by atoms with van der Waals surface area (Å²) in [4.78, 5) is 7.99. The van der Waals surface area contributed by atoms with Crippen molar-refractivity contribution in [3.8, 4) is 0 Å². The number of hydrogen-bond acceptors (Lipinski definition) is 6. The lowest BCUT2D eigenvalue weighted by atomic mass is 10.6. The van der Waals surface area contributed by atoms with Gasteiger partial charge < -0.3 is 0 Å². The molecule has 0 N–H and O–H groups in total. The molecule has 86 valence electrons. The normalized spacial score (nSPS) is 11.9. The fraction of sp³-hybridized carbons (Fsp3) is 0.250. The van der Waals surface area contributed by atoms with Crippen molar-refractivity contribution in [1.82, 2.24) is 9.97 Å². The van der Waals surface area contributed by atoms with E-state index >= 15 is 0 Å². The van der Waals surface area contributed by atoms with Gasteiger partial charge in [-0.25, -0.2) is 18.4 Å². The number of halogens is 1. The summed E-state index contributed by atoms with van der Waals surface area (Å²) in [5, 5.41) is 1.73. The fourth-order valence-electron chi connectivity index (χ4n) is 1.07. The van der Waals surface area contributed by atoms with Crippen LogP contribution in [0, 0.1) is 6.92 Å². The van der Waals surface area contributed by atoms with E-state index in [9.17, 15) is 8.42 Å². The molecule has 2 heterocycles. The SMILES string of the molecule is Cc1csc(S(=O)(=O)Cc2ncsc2Br)n1. The van der Waals surface area contributed by atoms with Crippen LogP contribution >= 0.6 is 38.6 Å². The zero-order chi connectivity index (χ0) is 11.8. The topological polar surface area (TPSA) is 59.9 Å². The molecule has 0 saturated carbocycles. The van der Waals surface area contributed by atoms with Crippen molar-refractivity contribution >= 4 is 48.4 Å². The third kappa shape index (κ3) is 2.50. The number of thiazole rings is 2. The van der Waals surface area contributed by atoms with Crippen molar-refractivity contribution in [1.29, 1.82) is 0 Å². The van der Waals surface area contributed by atoms with E-state index in [4.69, 9.17) is 0 Å². The van der Waals surface area contributed by atoms with Gasteiger partial charge in [-0.1, -0.05) is 0 Å². The predicted octanol–water partition coefficient (Wildman–Crippen LogP) is 2.64. The van der Waals surface area contributed by atoms with Gasteiger partial charge in [-0.3, -0.25) is 0 Å². The van der Waals surface area contributed by atoms with Crippen LogP contribution in [-0.4, -0.2) is 18.4 Å². The van der Waals surface area contributed by atoms with Crippen molar-refractivity contribution in [3.63, 3.8) is 0 Å². The molecule has 0 aliphatic rings. The van der Waals surface area contributed by atoms with Gasteiger partial charge in [-0.15, -0.1) is 22.7 Å². The number of rotatable bonds is 3. The molecule has 0 aliphatic carbocycles. The van der Waals surface area contributed by atoms with Crippen molar-refractivity contribution in [2.24, 2.45) is 0 Å². The number of hydrogen-bond donors (Lipinski definition) is 0. The summed E-state index contributed by atoms with van der Waals surface area (Å²) in [6.07, 6.45) is 0. The van der Waals surface area contributed by atoms with Crippen LogP contribution in [-0.2, 0) is 15.6 Å². The lowest BCUT2D eigenvalue weighted by Gasteiger charge is -1.98. The highest BCUT2D eigenvalue weighted by atomic mass is 79.9. The van der Waals surface area contributed by atoms with Crippen LogP contribution in [0.1, 0.15) is 11.4 Å². The first kappa shape index (κ1) is 12.2. The zero-order valence-corrected chi connectivity index (χ0v) is 12.2. The Labute approximate surface area is 109 Å². The second kappa shape index (κ2) is 4.52. The average Bonchev–Trinajstić information content (AvgIpc) is 2.77. The Morgan fingerprint density at radius 3 is 2.69 bits per heavy atom. The molecule has 4 nitrogen and oxygen atoms in total. The lowest BCUT2D eigenvalue weighted by Crippen LogP contribution is -2.05. The molecule has 0 amide bonds. The summed E-state index contributed by atoms with van der Waals surface area (Å²) >= 11 is 5.79. The standard InChI is InChI=1S/C8H7BrN2O2S3/c1-5-2-14-8(11-5)16(12,13)3-6-7(9)15-4-10-6/h2,4H,3H2,1H3. The number of aromatic nitrogens is 2. The predicted molar refractivity (Wildman–Crippen MR) is 67.6 cm³/mol. The van der Waals surface area contributed by atoms with E-state index in [-0.39, 0.29) is 10.1 Å². The molecule has 0 radical (unpaired) electrons. The van der Waals surface area contributed by atoms with Crippen LogP contribution in [0.4, 0.5) is 0 Å². The average molecular weight is 339 g/mol. The van der Waals surface area contributed by atoms with Crippen LogP contribution in [0.5, 0.6) is 0 Å². The van der Waals surface area contributed by atoms with Crippen LogP contribution < -0.4 is 0 Å². The van der Waals surface area contributed by atoms with E-state index in [1.54, 1.807) is 17.8 Å². The Hall–Kier alpha value is -0.310. The van der Waals surface area contributed by atoms with Crippen LogP contribution in [0.15, 0.2) is 19.0 Å². The molecule has 0 saturated heterocycles. The number of nitrogens with zero attached hydrogens (tertiary/aromatic N) is 2. The molecule has 2 rings (SSSR count). The van der Waals surface area contributed by atoms with Gasteiger partial charge in [-0.2, -0.15) is 0 Å². The Balaban J connectivity index is 2.31. The lowest BCUT2D eigenvalue weighted by molar-refractivity contribution is 0.593. The van der Waals surface area contributed by atoms with E-state index in [0.29, 0.717) is 5.69 Å². The maximum absolute atomic E-state index is 12.0. The van der Waals surface area contributed by atoms with Crippen LogP contribution in [0.2, 0.25) is 0 Å². The molecule has 16 heavy (non-hydrogen) atoms. The maximum Gasteiger partial charge on any atom is 0.211 e. The van der Waals surface area contributed by atoms with E-state index in [1.165, 1.54) is 11.3 Å². The molecule has 0 aromatic carbocycles. The Bertz CT molecular complexity index is 602. The minimum absolute atomic E-state index is 0.107. The van der Waals surface area contributed by atoms with Gasteiger partial charge in [0.05, 0.1) is 15.0 Å². The summed E-state index contributed by atoms with van der Waals surface area (Å²) < 4.78 is 24.8. The highest BCUT2D eigenvalue weighted by Crippen LogP contribution is 2.26. The van der Waals surface area contributed by atoms with Crippen molar-refractivity contribution in [2.45, 2.75) is 17.0 Å². The summed E-state index contributed by atoms with van der Waals surface area (Å²) in [5.74, 6) is -0.107. The number of aryl methyl sites for hydroxylation is 1. The quantitative estimate of drug-likeness (QED) is 0.863. The first-order chi connectivity index (χ1) is 7.49. The van der Waals surface area contributed by atoms with Crippen molar-refractivity contribution < 1.29 is 8.42 Å². The minimum Gasteiger partial charge on any atom is -0.247 e. The zero-order valence-electron chi connectivity index (χ0n) is 8.18. The maximum atomic E-state index is 12.0. The fourth-order valence-corrected chi connectivity index (χ4v) is 4.78. The third-order valence-corrected chi connectivity index (χ3v) is 6.53. The monoisotopic (exact) mass is 338 g/mol. The highest BCUT2D eigenvalue weighted by Gasteiger charge is 2.21. The minimum atomic E-state index is -3.36. The van der Waals surface area contributed by atoms with Gasteiger partial charge in [0, 0.05) is 11.1 Å². The summed E-state index contributed by atoms with van der Waals surface area (Å²) in [6, 6.07) is 0.